The van der Waals surface area contributed by atoms with E-state index in [-0.39, 0.29) is 5.69 Å². The van der Waals surface area contributed by atoms with E-state index in [1.807, 2.05) is 0 Å². The molecule has 0 aliphatic carbocycles. The maximum atomic E-state index is 10.8. The van der Waals surface area contributed by atoms with Crippen LogP contribution in [0.2, 0.25) is 0 Å². The minimum Gasteiger partial charge on any atom is -0.477 e. The van der Waals surface area contributed by atoms with Gasteiger partial charge in [0.15, 0.2) is 5.69 Å². The molecule has 0 spiro atoms. The fourth-order valence-corrected chi connectivity index (χ4v) is 2.09. The number of aryl methyl sites for hydroxylation is 1. The number of carbonyl (C=O) groups is 1. The Labute approximate surface area is 99.5 Å². The maximum Gasteiger partial charge on any atom is 0.354 e. The number of carboxylic acids is 1. The SMILES string of the molecule is Cc1cc(C(=O)O)nc(CSCC(C)C)n1. The van der Waals surface area contributed by atoms with Crippen molar-refractivity contribution < 1.29 is 9.90 Å². The summed E-state index contributed by atoms with van der Waals surface area (Å²) in [6.45, 7) is 6.07. The van der Waals surface area contributed by atoms with Crippen LogP contribution in [0.25, 0.3) is 0 Å². The summed E-state index contributed by atoms with van der Waals surface area (Å²) in [5.41, 5.74) is 0.778. The van der Waals surface area contributed by atoms with Crippen molar-refractivity contribution in [1.82, 2.24) is 9.97 Å². The molecule has 0 saturated heterocycles. The average molecular weight is 240 g/mol. The number of aromatic nitrogens is 2. The first-order valence-corrected chi connectivity index (χ1v) is 6.30. The Bertz CT molecular complexity index is 380. The summed E-state index contributed by atoms with van der Waals surface area (Å²) in [4.78, 5) is 19.0. The second kappa shape index (κ2) is 5.84. The molecule has 1 rings (SSSR count). The van der Waals surface area contributed by atoms with Crippen molar-refractivity contribution in [3.63, 3.8) is 0 Å². The van der Waals surface area contributed by atoms with Crippen LogP contribution in [-0.4, -0.2) is 26.8 Å². The van der Waals surface area contributed by atoms with E-state index in [9.17, 15) is 4.79 Å². The van der Waals surface area contributed by atoms with Gasteiger partial charge in [0.25, 0.3) is 0 Å². The van der Waals surface area contributed by atoms with Gasteiger partial charge in [-0.25, -0.2) is 14.8 Å². The van der Waals surface area contributed by atoms with Gasteiger partial charge in [0.05, 0.1) is 5.75 Å². The minimum atomic E-state index is -0.999. The summed E-state index contributed by atoms with van der Waals surface area (Å²) in [6.07, 6.45) is 0. The number of carboxylic acid groups (broad SMARTS) is 1. The van der Waals surface area contributed by atoms with E-state index < -0.39 is 5.97 Å². The normalized spacial score (nSPS) is 10.8. The van der Waals surface area contributed by atoms with Crippen molar-refractivity contribution in [3.8, 4) is 0 Å². The van der Waals surface area contributed by atoms with Gasteiger partial charge in [-0.05, 0) is 24.7 Å². The van der Waals surface area contributed by atoms with Crippen LogP contribution >= 0.6 is 11.8 Å². The molecule has 16 heavy (non-hydrogen) atoms. The third-order valence-electron chi connectivity index (χ3n) is 1.80. The molecule has 1 heterocycles. The molecule has 1 aromatic heterocycles. The molecule has 0 aromatic carbocycles. The molecule has 0 unspecified atom stereocenters. The second-order valence-electron chi connectivity index (χ2n) is 4.02. The zero-order valence-electron chi connectivity index (χ0n) is 9.73. The monoisotopic (exact) mass is 240 g/mol. The first kappa shape index (κ1) is 13.0. The average Bonchev–Trinajstić information content (AvgIpc) is 2.16. The molecule has 5 heteroatoms. The van der Waals surface area contributed by atoms with Crippen LogP contribution in [0, 0.1) is 12.8 Å². The molecule has 0 aliphatic heterocycles. The van der Waals surface area contributed by atoms with E-state index in [0.717, 1.165) is 5.75 Å². The molecular weight excluding hydrogens is 224 g/mol. The summed E-state index contributed by atoms with van der Waals surface area (Å²) in [6, 6.07) is 1.49. The Morgan fingerprint density at radius 2 is 2.19 bits per heavy atom. The number of aromatic carboxylic acids is 1. The summed E-state index contributed by atoms with van der Waals surface area (Å²) >= 11 is 1.73. The molecule has 0 saturated carbocycles. The van der Waals surface area contributed by atoms with E-state index >= 15 is 0 Å². The smallest absolute Gasteiger partial charge is 0.354 e. The Morgan fingerprint density at radius 3 is 2.75 bits per heavy atom. The molecule has 0 aliphatic rings. The van der Waals surface area contributed by atoms with Gasteiger partial charge in [0.2, 0.25) is 0 Å². The van der Waals surface area contributed by atoms with Crippen LogP contribution in [-0.2, 0) is 5.75 Å². The lowest BCUT2D eigenvalue weighted by Gasteiger charge is -2.05. The summed E-state index contributed by atoms with van der Waals surface area (Å²) in [5, 5.41) is 8.85. The van der Waals surface area contributed by atoms with Crippen LogP contribution in [0.5, 0.6) is 0 Å². The zero-order valence-corrected chi connectivity index (χ0v) is 10.5. The molecular formula is C11H16N2O2S. The van der Waals surface area contributed by atoms with Gasteiger partial charge in [-0.3, -0.25) is 0 Å². The fourth-order valence-electron chi connectivity index (χ4n) is 1.19. The van der Waals surface area contributed by atoms with Crippen LogP contribution in [0.1, 0.15) is 35.9 Å². The Kier molecular flexibility index (Phi) is 4.73. The Morgan fingerprint density at radius 1 is 1.50 bits per heavy atom. The molecule has 1 aromatic rings. The van der Waals surface area contributed by atoms with Crippen molar-refractivity contribution in [3.05, 3.63) is 23.3 Å². The highest BCUT2D eigenvalue weighted by molar-refractivity contribution is 7.98. The van der Waals surface area contributed by atoms with E-state index in [2.05, 4.69) is 23.8 Å². The van der Waals surface area contributed by atoms with E-state index in [0.29, 0.717) is 23.2 Å². The maximum absolute atomic E-state index is 10.8. The molecule has 1 N–H and O–H groups in total. The number of hydrogen-bond donors (Lipinski definition) is 1. The number of thioether (sulfide) groups is 1. The predicted molar refractivity (Wildman–Crippen MR) is 64.7 cm³/mol. The summed E-state index contributed by atoms with van der Waals surface area (Å²) in [5.74, 6) is 1.91. The van der Waals surface area contributed by atoms with Crippen LogP contribution in [0.3, 0.4) is 0 Å². The predicted octanol–water partition coefficient (Wildman–Crippen LogP) is 2.37. The van der Waals surface area contributed by atoms with Gasteiger partial charge >= 0.3 is 5.97 Å². The molecule has 0 radical (unpaired) electrons. The molecule has 0 atom stereocenters. The molecule has 0 bridgehead atoms. The van der Waals surface area contributed by atoms with Crippen LogP contribution < -0.4 is 0 Å². The van der Waals surface area contributed by atoms with Gasteiger partial charge in [-0.1, -0.05) is 13.8 Å². The van der Waals surface area contributed by atoms with Gasteiger partial charge in [0, 0.05) is 5.69 Å². The largest absolute Gasteiger partial charge is 0.477 e. The first-order valence-electron chi connectivity index (χ1n) is 5.14. The van der Waals surface area contributed by atoms with E-state index in [1.54, 1.807) is 18.7 Å². The van der Waals surface area contributed by atoms with E-state index in [4.69, 9.17) is 5.11 Å². The number of hydrogen-bond acceptors (Lipinski definition) is 4. The third kappa shape index (κ3) is 4.18. The highest BCUT2D eigenvalue weighted by atomic mass is 32.2. The van der Waals surface area contributed by atoms with E-state index in [1.165, 1.54) is 6.07 Å². The van der Waals surface area contributed by atoms with Gasteiger partial charge in [-0.15, -0.1) is 0 Å². The van der Waals surface area contributed by atoms with Crippen molar-refractivity contribution in [2.75, 3.05) is 5.75 Å². The lowest BCUT2D eigenvalue weighted by molar-refractivity contribution is 0.0689. The number of nitrogens with zero attached hydrogens (tertiary/aromatic N) is 2. The summed E-state index contributed by atoms with van der Waals surface area (Å²) in [7, 11) is 0. The van der Waals surface area contributed by atoms with Crippen molar-refractivity contribution in [2.24, 2.45) is 5.92 Å². The molecule has 88 valence electrons. The first-order chi connectivity index (χ1) is 7.49. The van der Waals surface area contributed by atoms with Crippen LogP contribution in [0.15, 0.2) is 6.07 Å². The standard InChI is InChI=1S/C11H16N2O2S/c1-7(2)5-16-6-10-12-8(3)4-9(13-10)11(14)15/h4,7H,5-6H2,1-3H3,(H,14,15). The summed E-state index contributed by atoms with van der Waals surface area (Å²) < 4.78 is 0. The van der Waals surface area contributed by atoms with Gasteiger partial charge in [-0.2, -0.15) is 11.8 Å². The molecule has 0 fully saturated rings. The highest BCUT2D eigenvalue weighted by Crippen LogP contribution is 2.13. The van der Waals surface area contributed by atoms with Gasteiger partial charge < -0.3 is 5.11 Å². The topological polar surface area (TPSA) is 63.1 Å². The lowest BCUT2D eigenvalue weighted by atomic mass is 10.3. The number of rotatable bonds is 5. The minimum absolute atomic E-state index is 0.0765. The lowest BCUT2D eigenvalue weighted by Crippen LogP contribution is -2.06. The van der Waals surface area contributed by atoms with Crippen molar-refractivity contribution in [2.45, 2.75) is 26.5 Å². The Balaban J connectivity index is 2.69. The van der Waals surface area contributed by atoms with Crippen molar-refractivity contribution >= 4 is 17.7 Å². The third-order valence-corrected chi connectivity index (χ3v) is 3.17. The van der Waals surface area contributed by atoms with Crippen molar-refractivity contribution in [1.29, 1.82) is 0 Å². The highest BCUT2D eigenvalue weighted by Gasteiger charge is 2.08. The second-order valence-corrected chi connectivity index (χ2v) is 5.06. The van der Waals surface area contributed by atoms with Crippen LogP contribution in [0.4, 0.5) is 0 Å². The Hall–Kier alpha value is -1.10. The molecule has 0 amide bonds. The fraction of sp³-hybridized carbons (Fsp3) is 0.545. The molecule has 4 nitrogen and oxygen atoms in total. The van der Waals surface area contributed by atoms with Gasteiger partial charge in [0.1, 0.15) is 5.82 Å². The zero-order chi connectivity index (χ0) is 12.1. The quantitative estimate of drug-likeness (QED) is 0.856.